The average molecular weight is 334 g/mol. The van der Waals surface area contributed by atoms with Gasteiger partial charge in [-0.2, -0.15) is 0 Å². The van der Waals surface area contributed by atoms with E-state index in [1.165, 1.54) is 12.1 Å². The molecule has 2 heterocycles. The van der Waals surface area contributed by atoms with Gasteiger partial charge >= 0.3 is 5.63 Å². The highest BCUT2D eigenvalue weighted by Gasteiger charge is 2.20. The minimum Gasteiger partial charge on any atom is -0.464 e. The van der Waals surface area contributed by atoms with Crippen LogP contribution in [0.15, 0.2) is 56.3 Å². The van der Waals surface area contributed by atoms with Crippen LogP contribution in [0.3, 0.4) is 0 Å². The first kappa shape index (κ1) is 14.5. The molecule has 4 heteroatoms. The second-order valence-electron chi connectivity index (χ2n) is 6.55. The van der Waals surface area contributed by atoms with Crippen LogP contribution in [0.1, 0.15) is 24.0 Å². The number of hydrogen-bond acceptors (Lipinski definition) is 3. The van der Waals surface area contributed by atoms with Crippen LogP contribution < -0.4 is 5.63 Å². The molecule has 1 aliphatic rings. The van der Waals surface area contributed by atoms with Gasteiger partial charge in [-0.1, -0.05) is 12.1 Å². The first-order chi connectivity index (χ1) is 12.2. The number of hydrogen-bond donors (Lipinski definition) is 0. The van der Waals surface area contributed by atoms with Gasteiger partial charge in [0.05, 0.1) is 6.26 Å². The largest absolute Gasteiger partial charge is 0.464 e. The molecule has 0 atom stereocenters. The van der Waals surface area contributed by atoms with Crippen molar-refractivity contribution >= 4 is 21.9 Å². The van der Waals surface area contributed by atoms with Crippen molar-refractivity contribution < 1.29 is 13.2 Å². The molecule has 124 valence electrons. The third kappa shape index (κ3) is 2.21. The van der Waals surface area contributed by atoms with E-state index >= 15 is 0 Å². The molecule has 2 aromatic heterocycles. The first-order valence-corrected chi connectivity index (χ1v) is 8.46. The molecule has 0 spiro atoms. The lowest BCUT2D eigenvalue weighted by Crippen LogP contribution is -2.15. The Morgan fingerprint density at radius 2 is 1.64 bits per heavy atom. The summed E-state index contributed by atoms with van der Waals surface area (Å²) in [5, 5.41) is 1.92. The molecular formula is C21H15FO3. The lowest BCUT2D eigenvalue weighted by molar-refractivity contribution is 0.533. The summed E-state index contributed by atoms with van der Waals surface area (Å²) in [6.07, 6.45) is 5.45. The second-order valence-corrected chi connectivity index (χ2v) is 6.55. The first-order valence-electron chi connectivity index (χ1n) is 8.46. The maximum Gasteiger partial charge on any atom is 0.339 e. The van der Waals surface area contributed by atoms with Crippen LogP contribution in [0.2, 0.25) is 0 Å². The number of fused-ring (bicyclic) bond motifs is 4. The molecule has 0 N–H and O–H groups in total. The zero-order chi connectivity index (χ0) is 17.0. The van der Waals surface area contributed by atoms with Crippen LogP contribution >= 0.6 is 0 Å². The molecule has 0 unspecified atom stereocenters. The molecule has 0 saturated carbocycles. The van der Waals surface area contributed by atoms with E-state index in [0.717, 1.165) is 58.7 Å². The number of aryl methyl sites for hydroxylation is 1. The molecule has 4 aromatic rings. The van der Waals surface area contributed by atoms with Gasteiger partial charge < -0.3 is 8.83 Å². The molecular weight excluding hydrogens is 319 g/mol. The minimum atomic E-state index is -0.266. The smallest absolute Gasteiger partial charge is 0.339 e. The van der Waals surface area contributed by atoms with E-state index in [1.807, 2.05) is 6.07 Å². The standard InChI is InChI=1S/C21H15FO3/c22-13-7-5-12(6-8-13)18-11-24-19-10-20-16(9-17(18)19)14-3-1-2-4-15(14)21(23)25-20/h5-11H,1-4H2. The summed E-state index contributed by atoms with van der Waals surface area (Å²) in [6.45, 7) is 0. The van der Waals surface area contributed by atoms with E-state index in [2.05, 4.69) is 0 Å². The molecule has 0 bridgehead atoms. The summed E-state index contributed by atoms with van der Waals surface area (Å²) in [5.74, 6) is -0.266. The van der Waals surface area contributed by atoms with Crippen LogP contribution in [-0.4, -0.2) is 0 Å². The monoisotopic (exact) mass is 334 g/mol. The van der Waals surface area contributed by atoms with Gasteiger partial charge in [-0.25, -0.2) is 9.18 Å². The maximum atomic E-state index is 13.2. The Labute approximate surface area is 142 Å². The quantitative estimate of drug-likeness (QED) is 0.448. The van der Waals surface area contributed by atoms with Crippen molar-refractivity contribution in [2.24, 2.45) is 0 Å². The van der Waals surface area contributed by atoms with E-state index in [0.29, 0.717) is 11.2 Å². The summed E-state index contributed by atoms with van der Waals surface area (Å²) in [7, 11) is 0. The van der Waals surface area contributed by atoms with Gasteiger partial charge in [0.25, 0.3) is 0 Å². The van der Waals surface area contributed by atoms with Gasteiger partial charge in [0, 0.05) is 28.0 Å². The van der Waals surface area contributed by atoms with Crippen molar-refractivity contribution in [3.05, 3.63) is 70.0 Å². The van der Waals surface area contributed by atoms with Gasteiger partial charge in [-0.05, 0) is 55.0 Å². The van der Waals surface area contributed by atoms with E-state index < -0.39 is 0 Å². The topological polar surface area (TPSA) is 43.4 Å². The molecule has 0 amide bonds. The third-order valence-corrected chi connectivity index (χ3v) is 5.07. The molecule has 0 aliphatic heterocycles. The van der Waals surface area contributed by atoms with E-state index in [-0.39, 0.29) is 11.4 Å². The maximum absolute atomic E-state index is 13.2. The fraction of sp³-hybridized carbons (Fsp3) is 0.190. The highest BCUT2D eigenvalue weighted by atomic mass is 19.1. The lowest BCUT2D eigenvalue weighted by atomic mass is 9.90. The number of benzene rings is 2. The molecule has 2 aromatic carbocycles. The van der Waals surface area contributed by atoms with Crippen molar-refractivity contribution in [1.29, 1.82) is 0 Å². The number of halogens is 1. The van der Waals surface area contributed by atoms with E-state index in [9.17, 15) is 9.18 Å². The molecule has 25 heavy (non-hydrogen) atoms. The highest BCUT2D eigenvalue weighted by molar-refractivity contribution is 6.02. The van der Waals surface area contributed by atoms with Gasteiger partial charge in [0.2, 0.25) is 0 Å². The minimum absolute atomic E-state index is 0.230. The molecule has 5 rings (SSSR count). The average Bonchev–Trinajstić information content (AvgIpc) is 3.04. The Bertz CT molecular complexity index is 1170. The predicted molar refractivity (Wildman–Crippen MR) is 94.3 cm³/mol. The van der Waals surface area contributed by atoms with Crippen molar-refractivity contribution in [2.45, 2.75) is 25.7 Å². The van der Waals surface area contributed by atoms with Crippen LogP contribution in [0, 0.1) is 5.82 Å². The summed E-state index contributed by atoms with van der Waals surface area (Å²) in [6, 6.07) is 10.2. The van der Waals surface area contributed by atoms with Crippen LogP contribution in [0.25, 0.3) is 33.1 Å². The van der Waals surface area contributed by atoms with Gasteiger partial charge in [0.1, 0.15) is 17.0 Å². The Morgan fingerprint density at radius 3 is 2.44 bits per heavy atom. The normalized spacial score (nSPS) is 14.1. The SMILES string of the molecule is O=c1oc2cc3occ(-c4ccc(F)cc4)c3cc2c2c1CCCC2. The van der Waals surface area contributed by atoms with Gasteiger partial charge in [0.15, 0.2) is 0 Å². The number of rotatable bonds is 1. The Hall–Kier alpha value is -2.88. The highest BCUT2D eigenvalue weighted by Crippen LogP contribution is 2.36. The lowest BCUT2D eigenvalue weighted by Gasteiger charge is -2.16. The van der Waals surface area contributed by atoms with E-state index in [1.54, 1.807) is 24.5 Å². The second kappa shape index (κ2) is 5.31. The molecule has 0 fully saturated rings. The zero-order valence-corrected chi connectivity index (χ0v) is 13.5. The van der Waals surface area contributed by atoms with Crippen molar-refractivity contribution in [2.75, 3.05) is 0 Å². The molecule has 0 radical (unpaired) electrons. The van der Waals surface area contributed by atoms with E-state index in [4.69, 9.17) is 8.83 Å². The Morgan fingerprint density at radius 1 is 0.880 bits per heavy atom. The molecule has 0 saturated heterocycles. The van der Waals surface area contributed by atoms with Crippen molar-refractivity contribution in [3.8, 4) is 11.1 Å². The zero-order valence-electron chi connectivity index (χ0n) is 13.5. The molecule has 3 nitrogen and oxygen atoms in total. The summed E-state index contributed by atoms with van der Waals surface area (Å²) in [4.78, 5) is 12.2. The third-order valence-electron chi connectivity index (χ3n) is 5.07. The van der Waals surface area contributed by atoms with Crippen molar-refractivity contribution in [3.63, 3.8) is 0 Å². The predicted octanol–water partition coefficient (Wildman–Crippen LogP) is 5.22. The fourth-order valence-electron chi connectivity index (χ4n) is 3.82. The summed E-state index contributed by atoms with van der Waals surface area (Å²) >= 11 is 0. The van der Waals surface area contributed by atoms with Gasteiger partial charge in [-0.3, -0.25) is 0 Å². The fourth-order valence-corrected chi connectivity index (χ4v) is 3.82. The number of furan rings is 1. The summed E-state index contributed by atoms with van der Waals surface area (Å²) in [5.41, 5.74) is 4.71. The Balaban J connectivity index is 1.82. The Kier molecular flexibility index (Phi) is 3.07. The summed E-state index contributed by atoms with van der Waals surface area (Å²) < 4.78 is 24.4. The van der Waals surface area contributed by atoms with Crippen LogP contribution in [-0.2, 0) is 12.8 Å². The van der Waals surface area contributed by atoms with Crippen LogP contribution in [0.5, 0.6) is 0 Å². The molecule has 1 aliphatic carbocycles. The van der Waals surface area contributed by atoms with Crippen molar-refractivity contribution in [1.82, 2.24) is 0 Å². The van der Waals surface area contributed by atoms with Crippen LogP contribution in [0.4, 0.5) is 4.39 Å². The van der Waals surface area contributed by atoms with Gasteiger partial charge in [-0.15, -0.1) is 0 Å².